The summed E-state index contributed by atoms with van der Waals surface area (Å²) in [7, 11) is 0. The topological polar surface area (TPSA) is 83.0 Å². The highest BCUT2D eigenvalue weighted by Crippen LogP contribution is 2.22. The van der Waals surface area contributed by atoms with E-state index < -0.39 is 12.2 Å². The number of aliphatic hydroxyl groups is 2. The summed E-state index contributed by atoms with van der Waals surface area (Å²) in [5.41, 5.74) is 1.53. The van der Waals surface area contributed by atoms with E-state index in [1.807, 2.05) is 36.4 Å². The molecule has 32 heavy (non-hydrogen) atoms. The van der Waals surface area contributed by atoms with Crippen LogP contribution in [0.25, 0.3) is 0 Å². The van der Waals surface area contributed by atoms with Crippen LogP contribution in [0.15, 0.2) is 72.8 Å². The second-order valence-electron chi connectivity index (χ2n) is 7.12. The maximum Gasteiger partial charge on any atom is 0.119 e. The minimum Gasteiger partial charge on any atom is -0.491 e. The summed E-state index contributed by atoms with van der Waals surface area (Å²) in [6.07, 6.45) is -1.41. The number of hydrogen-bond acceptors (Lipinski definition) is 6. The molecule has 0 spiro atoms. The van der Waals surface area contributed by atoms with Crippen molar-refractivity contribution in [3.63, 3.8) is 0 Å². The summed E-state index contributed by atoms with van der Waals surface area (Å²) in [4.78, 5) is 0. The summed E-state index contributed by atoms with van der Waals surface area (Å²) < 4.78 is 11.2. The van der Waals surface area contributed by atoms with Crippen molar-refractivity contribution >= 4 is 34.6 Å². The van der Waals surface area contributed by atoms with Crippen LogP contribution >= 0.6 is 23.2 Å². The zero-order chi connectivity index (χ0) is 22.8. The van der Waals surface area contributed by atoms with Crippen LogP contribution in [0.1, 0.15) is 0 Å². The van der Waals surface area contributed by atoms with Crippen molar-refractivity contribution in [2.45, 2.75) is 12.2 Å². The summed E-state index contributed by atoms with van der Waals surface area (Å²) in [6, 6.07) is 21.7. The first-order valence-electron chi connectivity index (χ1n) is 10.2. The Morgan fingerprint density at radius 2 is 1.00 bits per heavy atom. The predicted molar refractivity (Wildman–Crippen MR) is 129 cm³/mol. The molecule has 0 bridgehead atoms. The summed E-state index contributed by atoms with van der Waals surface area (Å²) >= 11 is 12.2. The van der Waals surface area contributed by atoms with E-state index >= 15 is 0 Å². The summed E-state index contributed by atoms with van der Waals surface area (Å²) in [6.45, 7) is 0.879. The minimum atomic E-state index is -0.706. The number of benzene rings is 3. The van der Waals surface area contributed by atoms with Gasteiger partial charge in [-0.25, -0.2) is 0 Å². The molecule has 6 nitrogen and oxygen atoms in total. The standard InChI is InChI=1S/C24H26Cl2N2O4/c25-21-5-1-3-7-23(21)27-13-17(29)15-31-19-9-11-20(12-10-19)32-16-18(30)14-28-24-8-4-2-6-22(24)26/h1-12,17-18,27-30H,13-16H2/t17-,18-/m1/s1. The van der Waals surface area contributed by atoms with Gasteiger partial charge in [0.05, 0.1) is 21.4 Å². The lowest BCUT2D eigenvalue weighted by Gasteiger charge is -2.16. The van der Waals surface area contributed by atoms with Crippen LogP contribution in [0.3, 0.4) is 0 Å². The molecule has 3 aromatic rings. The van der Waals surface area contributed by atoms with Crippen molar-refractivity contribution in [2.75, 3.05) is 36.9 Å². The molecule has 0 amide bonds. The quantitative estimate of drug-likeness (QED) is 0.303. The Labute approximate surface area is 197 Å². The third kappa shape index (κ3) is 7.80. The number of rotatable bonds is 12. The molecule has 3 rings (SSSR count). The zero-order valence-electron chi connectivity index (χ0n) is 17.4. The van der Waals surface area contributed by atoms with Crippen LogP contribution in [0.4, 0.5) is 11.4 Å². The number of anilines is 2. The van der Waals surface area contributed by atoms with Crippen molar-refractivity contribution in [2.24, 2.45) is 0 Å². The highest BCUT2D eigenvalue weighted by atomic mass is 35.5. The van der Waals surface area contributed by atoms with E-state index in [0.717, 1.165) is 11.4 Å². The SMILES string of the molecule is O[C@H](CNc1ccccc1Cl)COc1ccc(OC[C@H](O)CNc2ccccc2Cl)cc1. The van der Waals surface area contributed by atoms with E-state index in [9.17, 15) is 10.2 Å². The van der Waals surface area contributed by atoms with Crippen LogP contribution in [0.5, 0.6) is 11.5 Å². The van der Waals surface area contributed by atoms with Gasteiger partial charge in [-0.2, -0.15) is 0 Å². The molecule has 0 aliphatic heterocycles. The van der Waals surface area contributed by atoms with Crippen molar-refractivity contribution in [1.82, 2.24) is 0 Å². The molecule has 4 N–H and O–H groups in total. The van der Waals surface area contributed by atoms with Gasteiger partial charge in [0, 0.05) is 13.1 Å². The molecule has 0 aromatic heterocycles. The molecule has 0 saturated heterocycles. The van der Waals surface area contributed by atoms with E-state index in [1.54, 1.807) is 36.4 Å². The normalized spacial score (nSPS) is 12.6. The Hall–Kier alpha value is -2.64. The van der Waals surface area contributed by atoms with Crippen LogP contribution in [0, 0.1) is 0 Å². The fourth-order valence-electron chi connectivity index (χ4n) is 2.80. The molecule has 8 heteroatoms. The Bertz CT molecular complexity index is 894. The van der Waals surface area contributed by atoms with Gasteiger partial charge in [0.25, 0.3) is 0 Å². The maximum atomic E-state index is 10.1. The van der Waals surface area contributed by atoms with Crippen molar-refractivity contribution in [3.05, 3.63) is 82.8 Å². The second-order valence-corrected chi connectivity index (χ2v) is 7.94. The van der Waals surface area contributed by atoms with Gasteiger partial charge >= 0.3 is 0 Å². The molecule has 0 aliphatic carbocycles. The van der Waals surface area contributed by atoms with Crippen LogP contribution in [0.2, 0.25) is 10.0 Å². The number of para-hydroxylation sites is 2. The lowest BCUT2D eigenvalue weighted by atomic mass is 10.3. The first kappa shape index (κ1) is 24.0. The molecule has 0 heterocycles. The fourth-order valence-corrected chi connectivity index (χ4v) is 3.20. The minimum absolute atomic E-state index is 0.129. The molecule has 170 valence electrons. The number of aliphatic hydroxyl groups excluding tert-OH is 2. The van der Waals surface area contributed by atoms with Gasteiger partial charge in [-0.3, -0.25) is 0 Å². The molecule has 3 aromatic carbocycles. The third-order valence-electron chi connectivity index (χ3n) is 4.51. The van der Waals surface area contributed by atoms with Crippen molar-refractivity contribution in [3.8, 4) is 11.5 Å². The highest BCUT2D eigenvalue weighted by Gasteiger charge is 2.09. The molecule has 0 unspecified atom stereocenters. The number of halogens is 2. The van der Waals surface area contributed by atoms with E-state index in [2.05, 4.69) is 10.6 Å². The number of ether oxygens (including phenoxy) is 2. The van der Waals surface area contributed by atoms with E-state index in [1.165, 1.54) is 0 Å². The second kappa shape index (κ2) is 12.4. The molecule has 0 fully saturated rings. The van der Waals surface area contributed by atoms with Gasteiger partial charge in [-0.05, 0) is 48.5 Å². The predicted octanol–water partition coefficient (Wildman–Crippen LogP) is 4.70. The van der Waals surface area contributed by atoms with Gasteiger partial charge in [0.15, 0.2) is 0 Å². The third-order valence-corrected chi connectivity index (χ3v) is 5.17. The van der Waals surface area contributed by atoms with Gasteiger partial charge in [-0.1, -0.05) is 47.5 Å². The molecule has 2 atom stereocenters. The smallest absolute Gasteiger partial charge is 0.119 e. The average molecular weight is 477 g/mol. The Kier molecular flexibility index (Phi) is 9.31. The highest BCUT2D eigenvalue weighted by molar-refractivity contribution is 6.33. The largest absolute Gasteiger partial charge is 0.491 e. The lowest BCUT2D eigenvalue weighted by Crippen LogP contribution is -2.26. The first-order valence-corrected chi connectivity index (χ1v) is 11.0. The molecule has 0 radical (unpaired) electrons. The molecular weight excluding hydrogens is 451 g/mol. The number of hydrogen-bond donors (Lipinski definition) is 4. The first-order chi connectivity index (χ1) is 15.5. The molecule has 0 aliphatic rings. The Morgan fingerprint density at radius 3 is 1.38 bits per heavy atom. The van der Waals surface area contributed by atoms with Crippen LogP contribution < -0.4 is 20.1 Å². The average Bonchev–Trinajstić information content (AvgIpc) is 2.81. The van der Waals surface area contributed by atoms with Gasteiger partial charge in [-0.15, -0.1) is 0 Å². The van der Waals surface area contributed by atoms with E-state index in [-0.39, 0.29) is 13.2 Å². The Morgan fingerprint density at radius 1 is 0.625 bits per heavy atom. The van der Waals surface area contributed by atoms with Crippen molar-refractivity contribution < 1.29 is 19.7 Å². The van der Waals surface area contributed by atoms with E-state index in [0.29, 0.717) is 34.6 Å². The van der Waals surface area contributed by atoms with Crippen molar-refractivity contribution in [1.29, 1.82) is 0 Å². The molecule has 0 saturated carbocycles. The molecular formula is C24H26Cl2N2O4. The van der Waals surface area contributed by atoms with E-state index in [4.69, 9.17) is 32.7 Å². The van der Waals surface area contributed by atoms with Crippen LogP contribution in [-0.2, 0) is 0 Å². The fraction of sp³-hybridized carbons (Fsp3) is 0.250. The zero-order valence-corrected chi connectivity index (χ0v) is 18.9. The Balaban J connectivity index is 1.35. The maximum absolute atomic E-state index is 10.1. The lowest BCUT2D eigenvalue weighted by molar-refractivity contribution is 0.115. The summed E-state index contributed by atoms with van der Waals surface area (Å²) in [5.74, 6) is 1.21. The van der Waals surface area contributed by atoms with Gasteiger partial charge in [0.2, 0.25) is 0 Å². The summed E-state index contributed by atoms with van der Waals surface area (Å²) in [5, 5.41) is 27.6. The van der Waals surface area contributed by atoms with Crippen LogP contribution in [-0.4, -0.2) is 48.7 Å². The van der Waals surface area contributed by atoms with Gasteiger partial charge in [0.1, 0.15) is 36.9 Å². The number of nitrogens with one attached hydrogen (secondary N) is 2. The van der Waals surface area contributed by atoms with Gasteiger partial charge < -0.3 is 30.3 Å². The monoisotopic (exact) mass is 476 g/mol.